The lowest BCUT2D eigenvalue weighted by molar-refractivity contribution is 0.400. The summed E-state index contributed by atoms with van der Waals surface area (Å²) in [7, 11) is 0.368. The van der Waals surface area contributed by atoms with Gasteiger partial charge in [-0.2, -0.15) is 0 Å². The quantitative estimate of drug-likeness (QED) is 0.273. The van der Waals surface area contributed by atoms with E-state index in [1.807, 2.05) is 60.1 Å². The van der Waals surface area contributed by atoms with Crippen molar-refractivity contribution in [2.45, 2.75) is 17.9 Å². The topological polar surface area (TPSA) is 105 Å². The molecule has 0 saturated heterocycles. The van der Waals surface area contributed by atoms with Crippen molar-refractivity contribution in [3.8, 4) is 11.3 Å². The van der Waals surface area contributed by atoms with Crippen molar-refractivity contribution in [1.82, 2.24) is 29.1 Å². The van der Waals surface area contributed by atoms with Gasteiger partial charge in [0.25, 0.3) is 0 Å². The van der Waals surface area contributed by atoms with Gasteiger partial charge in [-0.05, 0) is 63.0 Å². The number of imidazole rings is 1. The molecule has 0 fully saturated rings. The van der Waals surface area contributed by atoms with Gasteiger partial charge in [0.05, 0.1) is 16.9 Å². The highest BCUT2D eigenvalue weighted by Gasteiger charge is 2.13. The van der Waals surface area contributed by atoms with Crippen LogP contribution < -0.4 is 10.0 Å². The van der Waals surface area contributed by atoms with Crippen LogP contribution in [0, 0.1) is 0 Å². The lowest BCUT2D eigenvalue weighted by Gasteiger charge is -2.11. The Balaban J connectivity index is 1.36. The Kier molecular flexibility index (Phi) is 8.78. The molecule has 2 aromatic carbocycles. The molecule has 0 spiro atoms. The predicted molar refractivity (Wildman–Crippen MR) is 147 cm³/mol. The van der Waals surface area contributed by atoms with Gasteiger partial charge in [0.1, 0.15) is 0 Å². The predicted octanol–water partition coefficient (Wildman–Crippen LogP) is 4.03. The number of benzene rings is 2. The molecule has 0 bridgehead atoms. The van der Waals surface area contributed by atoms with E-state index in [9.17, 15) is 8.42 Å². The smallest absolute Gasteiger partial charge is 0.240 e. The Morgan fingerprint density at radius 1 is 1.00 bits per heavy atom. The van der Waals surface area contributed by atoms with Crippen molar-refractivity contribution in [2.24, 2.45) is 0 Å². The highest BCUT2D eigenvalue weighted by molar-refractivity contribution is 7.89. The van der Waals surface area contributed by atoms with Gasteiger partial charge in [0.15, 0.2) is 0 Å². The van der Waals surface area contributed by atoms with Crippen LogP contribution >= 0.6 is 0 Å². The van der Waals surface area contributed by atoms with Crippen LogP contribution in [0.3, 0.4) is 0 Å². The van der Waals surface area contributed by atoms with Crippen LogP contribution in [0.4, 0.5) is 11.6 Å². The highest BCUT2D eigenvalue weighted by atomic mass is 32.2. The monoisotopic (exact) mass is 517 g/mol. The van der Waals surface area contributed by atoms with Crippen LogP contribution in [-0.2, 0) is 16.6 Å². The van der Waals surface area contributed by atoms with E-state index in [0.29, 0.717) is 18.2 Å². The number of rotatable bonds is 12. The first-order valence-electron chi connectivity index (χ1n) is 12.0. The van der Waals surface area contributed by atoms with E-state index >= 15 is 0 Å². The van der Waals surface area contributed by atoms with Crippen LogP contribution in [-0.4, -0.2) is 60.0 Å². The molecule has 2 heterocycles. The minimum atomic E-state index is -3.55. The van der Waals surface area contributed by atoms with Crippen molar-refractivity contribution >= 4 is 27.7 Å². The van der Waals surface area contributed by atoms with E-state index in [1.165, 1.54) is 0 Å². The number of nitrogens with zero attached hydrogens (tertiary/aromatic N) is 5. The first-order chi connectivity index (χ1) is 17.9. The van der Waals surface area contributed by atoms with Crippen molar-refractivity contribution in [3.05, 3.63) is 91.2 Å². The molecule has 2 N–H and O–H groups in total. The van der Waals surface area contributed by atoms with Crippen LogP contribution in [0.1, 0.15) is 12.0 Å². The molecule has 2 aromatic heterocycles. The van der Waals surface area contributed by atoms with Gasteiger partial charge in [-0.15, -0.1) is 0 Å². The van der Waals surface area contributed by atoms with Crippen molar-refractivity contribution in [3.63, 3.8) is 0 Å². The van der Waals surface area contributed by atoms with E-state index in [-0.39, 0.29) is 4.90 Å². The Bertz CT molecular complexity index is 1400. The molecule has 0 unspecified atom stereocenters. The van der Waals surface area contributed by atoms with E-state index in [2.05, 4.69) is 37.1 Å². The fourth-order valence-corrected chi connectivity index (χ4v) is 4.66. The van der Waals surface area contributed by atoms with Crippen LogP contribution in [0.15, 0.2) is 90.5 Å². The summed E-state index contributed by atoms with van der Waals surface area (Å²) in [5, 5.41) is 3.15. The molecule has 0 aliphatic heterocycles. The number of nitrogens with one attached hydrogen (secondary N) is 2. The second-order valence-electron chi connectivity index (χ2n) is 8.75. The van der Waals surface area contributed by atoms with Gasteiger partial charge < -0.3 is 14.8 Å². The Morgan fingerprint density at radius 2 is 1.78 bits per heavy atom. The maximum Gasteiger partial charge on any atom is 0.240 e. The van der Waals surface area contributed by atoms with Gasteiger partial charge in [-0.1, -0.05) is 36.4 Å². The zero-order valence-corrected chi connectivity index (χ0v) is 21.8. The summed E-state index contributed by atoms with van der Waals surface area (Å²) in [6.45, 7) is 1.98. The number of anilines is 2. The average Bonchev–Trinajstić information content (AvgIpc) is 3.41. The third kappa shape index (κ3) is 7.81. The molecule has 0 aliphatic carbocycles. The summed E-state index contributed by atoms with van der Waals surface area (Å²) in [4.78, 5) is 15.2. The van der Waals surface area contributed by atoms with Crippen LogP contribution in [0.5, 0.6) is 0 Å². The standard InChI is InChI=1S/C27H31N7O2S/c1-33(2)18-4-15-30-37(35,36)25-12-10-24(11-13-25)31-27-29-16-14-26(32-27)23-8-6-22(7-9-23)5-3-19-34-20-17-28-21-34/h3,5-14,16-17,20-21,30H,4,15,18-19H2,1-2H3,(H,29,31,32)/b5-3+. The lowest BCUT2D eigenvalue weighted by atomic mass is 10.1. The Morgan fingerprint density at radius 3 is 2.49 bits per heavy atom. The number of hydrogen-bond acceptors (Lipinski definition) is 7. The van der Waals surface area contributed by atoms with Crippen molar-refractivity contribution in [2.75, 3.05) is 32.5 Å². The maximum absolute atomic E-state index is 12.5. The first kappa shape index (κ1) is 26.2. The average molecular weight is 518 g/mol. The highest BCUT2D eigenvalue weighted by Crippen LogP contribution is 2.21. The first-order valence-corrected chi connectivity index (χ1v) is 13.4. The van der Waals surface area contributed by atoms with E-state index in [1.54, 1.807) is 43.0 Å². The summed E-state index contributed by atoms with van der Waals surface area (Å²) < 4.78 is 29.6. The SMILES string of the molecule is CN(C)CCCNS(=O)(=O)c1ccc(Nc2nccc(-c3ccc(/C=C/Cn4ccnc4)cc3)n2)cc1. The van der Waals surface area contributed by atoms with Gasteiger partial charge in [-0.25, -0.2) is 28.1 Å². The second kappa shape index (κ2) is 12.4. The largest absolute Gasteiger partial charge is 0.334 e. The molecule has 4 aromatic rings. The minimum absolute atomic E-state index is 0.219. The molecule has 0 atom stereocenters. The van der Waals surface area contributed by atoms with E-state index < -0.39 is 10.0 Å². The molecule has 37 heavy (non-hydrogen) atoms. The molecular weight excluding hydrogens is 486 g/mol. The molecule has 0 aliphatic rings. The summed E-state index contributed by atoms with van der Waals surface area (Å²) in [6.07, 6.45) is 12.1. The normalized spacial score (nSPS) is 11.9. The Labute approximate surface area is 218 Å². The molecule has 4 rings (SSSR count). The molecule has 0 amide bonds. The molecule has 10 heteroatoms. The number of sulfonamides is 1. The molecule has 0 radical (unpaired) electrons. The fraction of sp³-hybridized carbons (Fsp3) is 0.222. The lowest BCUT2D eigenvalue weighted by Crippen LogP contribution is -2.27. The molecular formula is C27H31N7O2S. The summed E-state index contributed by atoms with van der Waals surface area (Å²) >= 11 is 0. The van der Waals surface area contributed by atoms with Gasteiger partial charge in [0.2, 0.25) is 16.0 Å². The minimum Gasteiger partial charge on any atom is -0.334 e. The molecule has 9 nitrogen and oxygen atoms in total. The fourth-order valence-electron chi connectivity index (χ4n) is 3.58. The summed E-state index contributed by atoms with van der Waals surface area (Å²) in [5.41, 5.74) is 3.55. The summed E-state index contributed by atoms with van der Waals surface area (Å²) in [6, 6.07) is 16.5. The number of aromatic nitrogens is 4. The maximum atomic E-state index is 12.5. The van der Waals surface area contributed by atoms with Gasteiger partial charge >= 0.3 is 0 Å². The van der Waals surface area contributed by atoms with E-state index in [4.69, 9.17) is 0 Å². The van der Waals surface area contributed by atoms with Gasteiger partial charge in [-0.3, -0.25) is 0 Å². The second-order valence-corrected chi connectivity index (χ2v) is 10.5. The number of hydrogen-bond donors (Lipinski definition) is 2. The zero-order valence-electron chi connectivity index (χ0n) is 20.9. The number of allylic oxidation sites excluding steroid dienone is 1. The molecule has 0 saturated carbocycles. The van der Waals surface area contributed by atoms with E-state index in [0.717, 1.165) is 36.3 Å². The van der Waals surface area contributed by atoms with Crippen LogP contribution in [0.2, 0.25) is 0 Å². The Hall–Kier alpha value is -3.86. The zero-order chi connectivity index (χ0) is 26.1. The van der Waals surface area contributed by atoms with Gasteiger partial charge in [0, 0.05) is 42.9 Å². The third-order valence-electron chi connectivity index (χ3n) is 5.54. The third-order valence-corrected chi connectivity index (χ3v) is 7.02. The summed E-state index contributed by atoms with van der Waals surface area (Å²) in [5.74, 6) is 0.430. The van der Waals surface area contributed by atoms with Crippen molar-refractivity contribution in [1.29, 1.82) is 0 Å². The van der Waals surface area contributed by atoms with Crippen molar-refractivity contribution < 1.29 is 8.42 Å². The molecule has 192 valence electrons. The van der Waals surface area contributed by atoms with Crippen LogP contribution in [0.25, 0.3) is 17.3 Å².